The number of halogens is 1. The molecule has 0 saturated heterocycles. The Balaban J connectivity index is 2.90. The number of hydrogen-bond donors (Lipinski definition) is 2. The van der Waals surface area contributed by atoms with Gasteiger partial charge in [-0.3, -0.25) is 0 Å². The molecule has 2 amide bonds. The van der Waals surface area contributed by atoms with Crippen LogP contribution < -0.4 is 5.32 Å². The second-order valence-corrected chi connectivity index (χ2v) is 4.59. The molecule has 0 fully saturated rings. The zero-order valence-electron chi connectivity index (χ0n) is 11.6. The van der Waals surface area contributed by atoms with Gasteiger partial charge >= 0.3 is 12.0 Å². The second kappa shape index (κ2) is 8.28. The van der Waals surface area contributed by atoms with Gasteiger partial charge in [0.25, 0.3) is 0 Å². The Morgan fingerprint density at radius 2 is 2.24 bits per heavy atom. The average molecular weight is 313 g/mol. The number of methoxy groups -OCH3 is 1. The number of nitrogens with one attached hydrogen (secondary N) is 1. The number of aromatic carboxylic acids is 1. The van der Waals surface area contributed by atoms with E-state index in [-0.39, 0.29) is 16.3 Å². The van der Waals surface area contributed by atoms with Crippen LogP contribution in [0, 0.1) is 0 Å². The molecule has 0 aliphatic rings. The van der Waals surface area contributed by atoms with Gasteiger partial charge in [0.2, 0.25) is 0 Å². The molecular weight excluding hydrogens is 296 g/mol. The number of amides is 2. The second-order valence-electron chi connectivity index (χ2n) is 4.15. The van der Waals surface area contributed by atoms with E-state index in [0.717, 1.165) is 0 Å². The summed E-state index contributed by atoms with van der Waals surface area (Å²) < 4.78 is 4.93. The van der Waals surface area contributed by atoms with Gasteiger partial charge in [-0.15, -0.1) is 6.58 Å². The van der Waals surface area contributed by atoms with Crippen molar-refractivity contribution in [2.45, 2.75) is 0 Å². The molecule has 0 atom stereocenters. The van der Waals surface area contributed by atoms with Gasteiger partial charge in [-0.05, 0) is 18.2 Å². The van der Waals surface area contributed by atoms with Crippen molar-refractivity contribution in [3.63, 3.8) is 0 Å². The lowest BCUT2D eigenvalue weighted by Crippen LogP contribution is -2.37. The molecule has 6 nitrogen and oxygen atoms in total. The lowest BCUT2D eigenvalue weighted by Gasteiger charge is -2.21. The van der Waals surface area contributed by atoms with Crippen LogP contribution in [0.5, 0.6) is 0 Å². The van der Waals surface area contributed by atoms with Crippen molar-refractivity contribution in [1.82, 2.24) is 4.90 Å². The standard InChI is InChI=1S/C14H17ClN2O4/c1-3-6-17(7-8-21-2)14(20)16-12-5-4-10(15)9-11(12)13(18)19/h3-5,9H,1,6-8H2,2H3,(H,16,20)(H,18,19). The Labute approximate surface area is 128 Å². The van der Waals surface area contributed by atoms with Crippen molar-refractivity contribution < 1.29 is 19.4 Å². The summed E-state index contributed by atoms with van der Waals surface area (Å²) in [7, 11) is 1.53. The maximum absolute atomic E-state index is 12.2. The number of carboxylic acids is 1. The lowest BCUT2D eigenvalue weighted by atomic mass is 10.2. The molecule has 0 aliphatic carbocycles. The molecule has 114 valence electrons. The minimum atomic E-state index is -1.17. The van der Waals surface area contributed by atoms with Gasteiger partial charge in [-0.25, -0.2) is 9.59 Å². The fourth-order valence-electron chi connectivity index (χ4n) is 1.63. The van der Waals surface area contributed by atoms with Crippen LogP contribution >= 0.6 is 11.6 Å². The molecule has 1 aromatic rings. The van der Waals surface area contributed by atoms with Crippen LogP contribution in [0.2, 0.25) is 5.02 Å². The van der Waals surface area contributed by atoms with Crippen LogP contribution in [0.25, 0.3) is 0 Å². The van der Waals surface area contributed by atoms with Crippen molar-refractivity contribution in [3.8, 4) is 0 Å². The van der Waals surface area contributed by atoms with Gasteiger partial charge in [0.1, 0.15) is 0 Å². The Hall–Kier alpha value is -2.05. The molecule has 7 heteroatoms. The van der Waals surface area contributed by atoms with E-state index in [1.807, 2.05) is 0 Å². The molecule has 0 radical (unpaired) electrons. The molecule has 0 aliphatic heterocycles. The van der Waals surface area contributed by atoms with E-state index in [1.54, 1.807) is 6.08 Å². The van der Waals surface area contributed by atoms with Gasteiger partial charge in [0.15, 0.2) is 0 Å². The van der Waals surface area contributed by atoms with Gasteiger partial charge in [0, 0.05) is 25.2 Å². The van der Waals surface area contributed by atoms with Crippen molar-refractivity contribution >= 4 is 29.3 Å². The average Bonchev–Trinajstić information content (AvgIpc) is 2.45. The van der Waals surface area contributed by atoms with Crippen LogP contribution in [-0.4, -0.2) is 48.8 Å². The predicted octanol–water partition coefficient (Wildman–Crippen LogP) is 2.70. The Bertz CT molecular complexity index is 534. The quantitative estimate of drug-likeness (QED) is 0.759. The molecule has 0 saturated carbocycles. The highest BCUT2D eigenvalue weighted by atomic mass is 35.5. The van der Waals surface area contributed by atoms with E-state index >= 15 is 0 Å². The van der Waals surface area contributed by atoms with Crippen molar-refractivity contribution in [1.29, 1.82) is 0 Å². The van der Waals surface area contributed by atoms with Crippen molar-refractivity contribution in [2.24, 2.45) is 0 Å². The van der Waals surface area contributed by atoms with Crippen LogP contribution in [0.1, 0.15) is 10.4 Å². The largest absolute Gasteiger partial charge is 0.478 e. The summed E-state index contributed by atoms with van der Waals surface area (Å²) in [5, 5.41) is 12.0. The number of benzene rings is 1. The highest BCUT2D eigenvalue weighted by molar-refractivity contribution is 6.31. The van der Waals surface area contributed by atoms with E-state index in [4.69, 9.17) is 21.4 Å². The molecule has 0 unspecified atom stereocenters. The molecule has 2 N–H and O–H groups in total. The summed E-state index contributed by atoms with van der Waals surface area (Å²) in [6.07, 6.45) is 1.58. The number of urea groups is 1. The number of nitrogens with zero attached hydrogens (tertiary/aromatic N) is 1. The molecule has 0 bridgehead atoms. The zero-order chi connectivity index (χ0) is 15.8. The Morgan fingerprint density at radius 3 is 2.81 bits per heavy atom. The number of rotatable bonds is 7. The lowest BCUT2D eigenvalue weighted by molar-refractivity contribution is 0.0698. The highest BCUT2D eigenvalue weighted by Crippen LogP contribution is 2.21. The molecule has 1 rings (SSSR count). The third kappa shape index (κ3) is 5.09. The molecule has 0 spiro atoms. The summed E-state index contributed by atoms with van der Waals surface area (Å²) in [6.45, 7) is 4.64. The minimum absolute atomic E-state index is 0.0684. The van der Waals surface area contributed by atoms with Gasteiger partial charge in [-0.2, -0.15) is 0 Å². The molecular formula is C14H17ClN2O4. The van der Waals surface area contributed by atoms with Crippen LogP contribution in [0.15, 0.2) is 30.9 Å². The third-order valence-corrected chi connectivity index (χ3v) is 2.89. The Kier molecular flexibility index (Phi) is 6.71. The number of carbonyl (C=O) groups excluding carboxylic acids is 1. The normalized spacial score (nSPS) is 10.0. The van der Waals surface area contributed by atoms with Gasteiger partial charge < -0.3 is 20.1 Å². The monoisotopic (exact) mass is 312 g/mol. The summed E-state index contributed by atoms with van der Waals surface area (Å²) >= 11 is 5.76. The number of hydrogen-bond acceptors (Lipinski definition) is 3. The number of carbonyl (C=O) groups is 2. The topological polar surface area (TPSA) is 78.9 Å². The molecule has 1 aromatic carbocycles. The first-order chi connectivity index (χ1) is 9.99. The fourth-order valence-corrected chi connectivity index (χ4v) is 1.80. The number of ether oxygens (including phenoxy) is 1. The van der Waals surface area contributed by atoms with Crippen LogP contribution in [0.4, 0.5) is 10.5 Å². The van der Waals surface area contributed by atoms with E-state index in [2.05, 4.69) is 11.9 Å². The van der Waals surface area contributed by atoms with Crippen LogP contribution in [-0.2, 0) is 4.74 Å². The Morgan fingerprint density at radius 1 is 1.52 bits per heavy atom. The molecule has 0 aromatic heterocycles. The highest BCUT2D eigenvalue weighted by Gasteiger charge is 2.16. The van der Waals surface area contributed by atoms with E-state index in [9.17, 15) is 9.59 Å². The maximum atomic E-state index is 12.2. The SMILES string of the molecule is C=CCN(CCOC)C(=O)Nc1ccc(Cl)cc1C(=O)O. The van der Waals surface area contributed by atoms with E-state index in [0.29, 0.717) is 19.7 Å². The summed E-state index contributed by atoms with van der Waals surface area (Å²) in [5.74, 6) is -1.17. The minimum Gasteiger partial charge on any atom is -0.478 e. The third-order valence-electron chi connectivity index (χ3n) is 2.66. The maximum Gasteiger partial charge on any atom is 0.337 e. The number of anilines is 1. The summed E-state index contributed by atoms with van der Waals surface area (Å²) in [5.41, 5.74) is 0.115. The molecule has 21 heavy (non-hydrogen) atoms. The first kappa shape index (κ1) is 17.0. The van der Waals surface area contributed by atoms with Crippen LogP contribution in [0.3, 0.4) is 0 Å². The molecule has 0 heterocycles. The number of carboxylic acid groups (broad SMARTS) is 1. The van der Waals surface area contributed by atoms with Crippen molar-refractivity contribution in [2.75, 3.05) is 32.1 Å². The van der Waals surface area contributed by atoms with Crippen molar-refractivity contribution in [3.05, 3.63) is 41.4 Å². The zero-order valence-corrected chi connectivity index (χ0v) is 12.4. The van der Waals surface area contributed by atoms with E-state index in [1.165, 1.54) is 30.2 Å². The first-order valence-corrected chi connectivity index (χ1v) is 6.56. The summed E-state index contributed by atoms with van der Waals surface area (Å²) in [4.78, 5) is 24.8. The van der Waals surface area contributed by atoms with E-state index < -0.39 is 12.0 Å². The van der Waals surface area contributed by atoms with Gasteiger partial charge in [0.05, 0.1) is 17.9 Å². The summed E-state index contributed by atoms with van der Waals surface area (Å²) in [6, 6.07) is 3.81. The predicted molar refractivity (Wildman–Crippen MR) is 81.1 cm³/mol. The van der Waals surface area contributed by atoms with Gasteiger partial charge in [-0.1, -0.05) is 17.7 Å². The first-order valence-electron chi connectivity index (χ1n) is 6.18. The fraction of sp³-hybridized carbons (Fsp3) is 0.286. The smallest absolute Gasteiger partial charge is 0.337 e.